The van der Waals surface area contributed by atoms with Crippen LogP contribution in [-0.2, 0) is 4.79 Å². The number of aliphatic carboxylic acids is 1. The molecule has 0 saturated heterocycles. The number of hydrogen-bond donors (Lipinski definition) is 2. The molecule has 22 heavy (non-hydrogen) atoms. The molecule has 1 saturated carbocycles. The van der Waals surface area contributed by atoms with E-state index in [2.05, 4.69) is 10.4 Å². The lowest BCUT2D eigenvalue weighted by Gasteiger charge is -2.10. The molecule has 0 bridgehead atoms. The minimum Gasteiger partial charge on any atom is -0.481 e. The van der Waals surface area contributed by atoms with Gasteiger partial charge in [0.25, 0.3) is 5.91 Å². The molecule has 7 heteroatoms. The standard InChI is InChI=1S/C15H14ClN3O3/c16-11-2-1-3-12(6-11)19-8-10(7-18-19)13(20)17-9-15(4-5-15)14(21)22/h1-3,6-8H,4-5,9H2,(H,17,20)(H,21,22). The number of nitrogens with zero attached hydrogens (tertiary/aromatic N) is 2. The third kappa shape index (κ3) is 2.82. The van der Waals surface area contributed by atoms with Gasteiger partial charge in [-0.2, -0.15) is 5.10 Å². The zero-order valence-electron chi connectivity index (χ0n) is 11.6. The van der Waals surface area contributed by atoms with E-state index in [0.29, 0.717) is 23.4 Å². The van der Waals surface area contributed by atoms with Crippen LogP contribution in [-0.4, -0.2) is 33.3 Å². The first-order chi connectivity index (χ1) is 10.5. The predicted octanol–water partition coefficient (Wildman–Crippen LogP) is 2.12. The quantitative estimate of drug-likeness (QED) is 0.884. The van der Waals surface area contributed by atoms with Crippen molar-refractivity contribution >= 4 is 23.5 Å². The summed E-state index contributed by atoms with van der Waals surface area (Å²) in [6.45, 7) is 0.142. The van der Waals surface area contributed by atoms with Gasteiger partial charge >= 0.3 is 5.97 Å². The van der Waals surface area contributed by atoms with Crippen LogP contribution in [0.2, 0.25) is 5.02 Å². The summed E-state index contributed by atoms with van der Waals surface area (Å²) in [6.07, 6.45) is 4.23. The average Bonchev–Trinajstić information content (AvgIpc) is 3.13. The summed E-state index contributed by atoms with van der Waals surface area (Å²) in [7, 11) is 0. The molecule has 0 unspecified atom stereocenters. The summed E-state index contributed by atoms with van der Waals surface area (Å²) < 4.78 is 1.55. The maximum absolute atomic E-state index is 12.1. The summed E-state index contributed by atoms with van der Waals surface area (Å²) in [5.74, 6) is -1.19. The molecular weight excluding hydrogens is 306 g/mol. The van der Waals surface area contributed by atoms with Crippen molar-refractivity contribution in [3.05, 3.63) is 47.2 Å². The summed E-state index contributed by atoms with van der Waals surface area (Å²) in [5, 5.41) is 16.5. The lowest BCUT2D eigenvalue weighted by Crippen LogP contribution is -2.34. The molecule has 1 heterocycles. The maximum atomic E-state index is 12.1. The van der Waals surface area contributed by atoms with Gasteiger partial charge in [-0.15, -0.1) is 0 Å². The van der Waals surface area contributed by atoms with Gasteiger partial charge in [0.1, 0.15) is 0 Å². The molecule has 2 aromatic rings. The number of nitrogens with one attached hydrogen (secondary N) is 1. The van der Waals surface area contributed by atoms with Crippen LogP contribution in [0.25, 0.3) is 5.69 Å². The monoisotopic (exact) mass is 319 g/mol. The number of hydrogen-bond acceptors (Lipinski definition) is 3. The number of halogens is 1. The Morgan fingerprint density at radius 1 is 1.41 bits per heavy atom. The number of benzene rings is 1. The Labute approximate surface area is 131 Å². The van der Waals surface area contributed by atoms with E-state index in [0.717, 1.165) is 5.69 Å². The Morgan fingerprint density at radius 3 is 2.82 bits per heavy atom. The topological polar surface area (TPSA) is 84.2 Å². The van der Waals surface area contributed by atoms with Crippen LogP contribution in [0.4, 0.5) is 0 Å². The van der Waals surface area contributed by atoms with Gasteiger partial charge in [0.05, 0.1) is 22.9 Å². The Morgan fingerprint density at radius 2 is 2.18 bits per heavy atom. The van der Waals surface area contributed by atoms with E-state index in [1.165, 1.54) is 6.20 Å². The number of rotatable bonds is 5. The molecule has 0 atom stereocenters. The molecule has 2 N–H and O–H groups in total. The fourth-order valence-electron chi connectivity index (χ4n) is 2.17. The number of carbonyl (C=O) groups excluding carboxylic acids is 1. The highest BCUT2D eigenvalue weighted by molar-refractivity contribution is 6.30. The fourth-order valence-corrected chi connectivity index (χ4v) is 2.35. The van der Waals surface area contributed by atoms with Crippen LogP contribution in [0.1, 0.15) is 23.2 Å². The summed E-state index contributed by atoms with van der Waals surface area (Å²) >= 11 is 5.92. The molecule has 0 radical (unpaired) electrons. The maximum Gasteiger partial charge on any atom is 0.311 e. The second-order valence-electron chi connectivity index (χ2n) is 5.42. The van der Waals surface area contributed by atoms with Crippen LogP contribution in [0.15, 0.2) is 36.7 Å². The number of amides is 1. The van der Waals surface area contributed by atoms with Crippen LogP contribution in [0.3, 0.4) is 0 Å². The van der Waals surface area contributed by atoms with Gasteiger partial charge in [-0.3, -0.25) is 9.59 Å². The van der Waals surface area contributed by atoms with E-state index in [1.54, 1.807) is 29.1 Å². The van der Waals surface area contributed by atoms with Gasteiger partial charge in [-0.05, 0) is 31.0 Å². The molecule has 1 aliphatic carbocycles. The average molecular weight is 320 g/mol. The van der Waals surface area contributed by atoms with Crippen molar-refractivity contribution in [2.45, 2.75) is 12.8 Å². The molecule has 1 fully saturated rings. The smallest absolute Gasteiger partial charge is 0.311 e. The molecule has 1 aromatic carbocycles. The van der Waals surface area contributed by atoms with Crippen molar-refractivity contribution in [3.63, 3.8) is 0 Å². The molecule has 3 rings (SSSR count). The number of carbonyl (C=O) groups is 2. The summed E-state index contributed by atoms with van der Waals surface area (Å²) in [5.41, 5.74) is 0.343. The summed E-state index contributed by atoms with van der Waals surface area (Å²) in [6, 6.07) is 7.11. The molecule has 1 aliphatic rings. The lowest BCUT2D eigenvalue weighted by atomic mass is 10.1. The highest BCUT2D eigenvalue weighted by Gasteiger charge is 2.50. The van der Waals surface area contributed by atoms with Crippen LogP contribution in [0, 0.1) is 5.41 Å². The van der Waals surface area contributed by atoms with Crippen LogP contribution in [0.5, 0.6) is 0 Å². The molecule has 0 aliphatic heterocycles. The Hall–Kier alpha value is -2.34. The van der Waals surface area contributed by atoms with Crippen molar-refractivity contribution in [2.24, 2.45) is 5.41 Å². The molecule has 6 nitrogen and oxygen atoms in total. The first-order valence-corrected chi connectivity index (χ1v) is 7.20. The lowest BCUT2D eigenvalue weighted by molar-refractivity contribution is -0.143. The SMILES string of the molecule is O=C(NCC1(C(=O)O)CC1)c1cnn(-c2cccc(Cl)c2)c1. The van der Waals surface area contributed by atoms with Gasteiger partial charge in [-0.1, -0.05) is 17.7 Å². The minimum absolute atomic E-state index is 0.142. The Balaban J connectivity index is 1.68. The van der Waals surface area contributed by atoms with Gasteiger partial charge in [0.15, 0.2) is 0 Å². The zero-order valence-corrected chi connectivity index (χ0v) is 12.4. The van der Waals surface area contributed by atoms with Gasteiger partial charge in [0.2, 0.25) is 0 Å². The number of carboxylic acids is 1. The van der Waals surface area contributed by atoms with Crippen LogP contribution < -0.4 is 5.32 Å². The third-order valence-electron chi connectivity index (χ3n) is 3.81. The van der Waals surface area contributed by atoms with Crippen molar-refractivity contribution in [3.8, 4) is 5.69 Å². The van der Waals surface area contributed by atoms with E-state index in [9.17, 15) is 9.59 Å². The van der Waals surface area contributed by atoms with Crippen molar-refractivity contribution in [1.29, 1.82) is 0 Å². The van der Waals surface area contributed by atoms with E-state index < -0.39 is 11.4 Å². The fraction of sp³-hybridized carbons (Fsp3) is 0.267. The largest absolute Gasteiger partial charge is 0.481 e. The van der Waals surface area contributed by atoms with E-state index >= 15 is 0 Å². The van der Waals surface area contributed by atoms with Crippen molar-refractivity contribution < 1.29 is 14.7 Å². The van der Waals surface area contributed by atoms with Crippen molar-refractivity contribution in [1.82, 2.24) is 15.1 Å². The number of aromatic nitrogens is 2. The van der Waals surface area contributed by atoms with E-state index in [1.807, 2.05) is 6.07 Å². The van der Waals surface area contributed by atoms with Gasteiger partial charge in [0, 0.05) is 17.8 Å². The highest BCUT2D eigenvalue weighted by Crippen LogP contribution is 2.45. The minimum atomic E-state index is -0.859. The second kappa shape index (κ2) is 5.46. The van der Waals surface area contributed by atoms with E-state index in [-0.39, 0.29) is 12.5 Å². The van der Waals surface area contributed by atoms with Crippen LogP contribution >= 0.6 is 11.6 Å². The third-order valence-corrected chi connectivity index (χ3v) is 4.05. The molecule has 114 valence electrons. The Kier molecular flexibility index (Phi) is 3.62. The first kappa shape index (κ1) is 14.6. The first-order valence-electron chi connectivity index (χ1n) is 6.82. The molecule has 1 aromatic heterocycles. The predicted molar refractivity (Wildman–Crippen MR) is 80.2 cm³/mol. The molecule has 1 amide bonds. The molecule has 0 spiro atoms. The van der Waals surface area contributed by atoms with Crippen molar-refractivity contribution in [2.75, 3.05) is 6.54 Å². The van der Waals surface area contributed by atoms with Gasteiger partial charge in [-0.25, -0.2) is 4.68 Å². The number of carboxylic acid groups (broad SMARTS) is 1. The summed E-state index contributed by atoms with van der Waals surface area (Å²) in [4.78, 5) is 23.1. The Bertz CT molecular complexity index is 737. The normalized spacial score (nSPS) is 15.3. The van der Waals surface area contributed by atoms with E-state index in [4.69, 9.17) is 16.7 Å². The molecular formula is C15H14ClN3O3. The highest BCUT2D eigenvalue weighted by atomic mass is 35.5. The second-order valence-corrected chi connectivity index (χ2v) is 5.86. The zero-order chi connectivity index (χ0) is 15.7. The van der Waals surface area contributed by atoms with Gasteiger partial charge < -0.3 is 10.4 Å².